The Morgan fingerprint density at radius 1 is 1.09 bits per heavy atom. The molecule has 4 rings (SSSR count). The van der Waals surface area contributed by atoms with E-state index in [0.717, 1.165) is 37.4 Å². The molecule has 1 aromatic heterocycles. The van der Waals surface area contributed by atoms with Crippen molar-refractivity contribution in [3.8, 4) is 5.75 Å². The number of hydrogen-bond acceptors (Lipinski definition) is 8. The lowest BCUT2D eigenvalue weighted by Crippen LogP contribution is -2.32. The van der Waals surface area contributed by atoms with Crippen LogP contribution in [0.4, 0.5) is 11.4 Å². The summed E-state index contributed by atoms with van der Waals surface area (Å²) in [7, 11) is -2.12. The number of benzene rings is 2. The molecule has 2 aromatic carbocycles. The van der Waals surface area contributed by atoms with Gasteiger partial charge in [0.2, 0.25) is 15.9 Å². The van der Waals surface area contributed by atoms with Crippen molar-refractivity contribution in [2.24, 2.45) is 0 Å². The van der Waals surface area contributed by atoms with Crippen LogP contribution in [-0.2, 0) is 14.8 Å². The van der Waals surface area contributed by atoms with E-state index in [0.29, 0.717) is 41.2 Å². The van der Waals surface area contributed by atoms with E-state index in [2.05, 4.69) is 19.4 Å². The molecule has 0 aliphatic carbocycles. The van der Waals surface area contributed by atoms with Crippen LogP contribution >= 0.6 is 11.7 Å². The second kappa shape index (κ2) is 9.80. The molecule has 0 atom stereocenters. The molecule has 0 saturated carbocycles. The molecule has 0 radical (unpaired) electrons. The maximum Gasteiger partial charge on any atom is 0.243 e. The molecular weight excluding hydrogens is 450 g/mol. The van der Waals surface area contributed by atoms with Gasteiger partial charge in [0.05, 0.1) is 41.7 Å². The molecule has 3 aromatic rings. The van der Waals surface area contributed by atoms with Gasteiger partial charge in [0, 0.05) is 13.1 Å². The van der Waals surface area contributed by atoms with Crippen molar-refractivity contribution in [2.75, 3.05) is 37.4 Å². The number of rotatable bonds is 7. The number of carbonyl (C=O) groups is 1. The SMILES string of the molecule is COc1ccc(S(=O)(=O)N2CCCCCC2)cc1NCC(=O)Nc1cccc2nsnc12. The highest BCUT2D eigenvalue weighted by Gasteiger charge is 2.26. The summed E-state index contributed by atoms with van der Waals surface area (Å²) in [5.41, 5.74) is 2.36. The first-order chi connectivity index (χ1) is 15.5. The van der Waals surface area contributed by atoms with Crippen molar-refractivity contribution < 1.29 is 17.9 Å². The van der Waals surface area contributed by atoms with Crippen LogP contribution in [0.1, 0.15) is 25.7 Å². The predicted octanol–water partition coefficient (Wildman–Crippen LogP) is 3.32. The number of sulfonamides is 1. The minimum Gasteiger partial charge on any atom is -0.495 e. The third kappa shape index (κ3) is 4.84. The van der Waals surface area contributed by atoms with E-state index >= 15 is 0 Å². The number of methoxy groups -OCH3 is 1. The third-order valence-corrected chi connectivity index (χ3v) is 7.81. The minimum absolute atomic E-state index is 0.0719. The summed E-state index contributed by atoms with van der Waals surface area (Å²) in [4.78, 5) is 12.7. The summed E-state index contributed by atoms with van der Waals surface area (Å²) in [5, 5.41) is 5.82. The molecule has 2 heterocycles. The quantitative estimate of drug-likeness (QED) is 0.539. The van der Waals surface area contributed by atoms with Crippen LogP contribution in [0, 0.1) is 0 Å². The summed E-state index contributed by atoms with van der Waals surface area (Å²) >= 11 is 1.08. The Bertz CT molecular complexity index is 1200. The zero-order valence-electron chi connectivity index (χ0n) is 17.7. The molecule has 9 nitrogen and oxygen atoms in total. The van der Waals surface area contributed by atoms with Crippen LogP contribution < -0.4 is 15.4 Å². The van der Waals surface area contributed by atoms with Gasteiger partial charge < -0.3 is 15.4 Å². The summed E-state index contributed by atoms with van der Waals surface area (Å²) < 4.78 is 41.5. The van der Waals surface area contributed by atoms with Crippen LogP contribution in [-0.4, -0.2) is 54.1 Å². The molecule has 2 N–H and O–H groups in total. The fourth-order valence-electron chi connectivity index (χ4n) is 3.69. The average molecular weight is 476 g/mol. The van der Waals surface area contributed by atoms with E-state index in [-0.39, 0.29) is 17.3 Å². The average Bonchev–Trinajstić information content (AvgIpc) is 3.11. The van der Waals surface area contributed by atoms with Gasteiger partial charge in [-0.2, -0.15) is 13.1 Å². The molecule has 170 valence electrons. The normalized spacial score (nSPS) is 15.3. The molecule has 11 heteroatoms. The van der Waals surface area contributed by atoms with E-state index in [1.165, 1.54) is 13.2 Å². The van der Waals surface area contributed by atoms with Crippen molar-refractivity contribution in [1.29, 1.82) is 0 Å². The van der Waals surface area contributed by atoms with E-state index in [4.69, 9.17) is 4.74 Å². The topological polar surface area (TPSA) is 114 Å². The highest BCUT2D eigenvalue weighted by Crippen LogP contribution is 2.30. The Morgan fingerprint density at radius 3 is 2.62 bits per heavy atom. The number of carbonyl (C=O) groups excluding carboxylic acids is 1. The largest absolute Gasteiger partial charge is 0.495 e. The molecule has 0 bridgehead atoms. The van der Waals surface area contributed by atoms with Gasteiger partial charge in [-0.15, -0.1) is 0 Å². The molecule has 32 heavy (non-hydrogen) atoms. The van der Waals surface area contributed by atoms with Gasteiger partial charge in [-0.05, 0) is 43.2 Å². The van der Waals surface area contributed by atoms with Crippen LogP contribution in [0.25, 0.3) is 11.0 Å². The Labute approximate surface area is 191 Å². The lowest BCUT2D eigenvalue weighted by molar-refractivity contribution is -0.114. The summed E-state index contributed by atoms with van der Waals surface area (Å²) in [6.07, 6.45) is 3.81. The number of hydrogen-bond donors (Lipinski definition) is 2. The van der Waals surface area contributed by atoms with E-state index in [9.17, 15) is 13.2 Å². The highest BCUT2D eigenvalue weighted by molar-refractivity contribution is 7.89. The summed E-state index contributed by atoms with van der Waals surface area (Å²) in [6, 6.07) is 10.1. The van der Waals surface area contributed by atoms with E-state index in [1.807, 2.05) is 6.07 Å². The standard InChI is InChI=1S/C21H25N5O4S2/c1-30-19-10-9-15(32(28,29)26-11-4-2-3-5-12-26)13-18(19)22-14-20(27)23-16-7-6-8-17-21(16)25-31-24-17/h6-10,13,22H,2-5,11-12,14H2,1H3,(H,23,27). The number of fused-ring (bicyclic) bond motifs is 1. The number of amides is 1. The number of nitrogens with zero attached hydrogens (tertiary/aromatic N) is 3. The molecule has 1 amide bonds. The smallest absolute Gasteiger partial charge is 0.243 e. The molecule has 1 aliphatic heterocycles. The van der Waals surface area contributed by atoms with Crippen molar-refractivity contribution in [2.45, 2.75) is 30.6 Å². The number of nitrogens with one attached hydrogen (secondary N) is 2. The summed E-state index contributed by atoms with van der Waals surface area (Å²) in [5.74, 6) is 0.159. The van der Waals surface area contributed by atoms with Gasteiger partial charge in [-0.1, -0.05) is 18.9 Å². The van der Waals surface area contributed by atoms with Gasteiger partial charge >= 0.3 is 0 Å². The molecule has 0 unspecified atom stereocenters. The Balaban J connectivity index is 1.49. The highest BCUT2D eigenvalue weighted by atomic mass is 32.2. The number of ether oxygens (including phenoxy) is 1. The second-order valence-electron chi connectivity index (χ2n) is 7.52. The molecule has 1 fully saturated rings. The van der Waals surface area contributed by atoms with Crippen molar-refractivity contribution in [3.63, 3.8) is 0 Å². The minimum atomic E-state index is -3.61. The first-order valence-corrected chi connectivity index (χ1v) is 12.6. The van der Waals surface area contributed by atoms with Crippen molar-refractivity contribution >= 4 is 50.1 Å². The second-order valence-corrected chi connectivity index (χ2v) is 9.99. The Hall–Kier alpha value is -2.76. The molecular formula is C21H25N5O4S2. The fourth-order valence-corrected chi connectivity index (χ4v) is 5.79. The van der Waals surface area contributed by atoms with Crippen LogP contribution in [0.2, 0.25) is 0 Å². The number of anilines is 2. The van der Waals surface area contributed by atoms with Gasteiger partial charge in [-0.25, -0.2) is 8.42 Å². The number of aromatic nitrogens is 2. The maximum absolute atomic E-state index is 13.1. The van der Waals surface area contributed by atoms with Crippen LogP contribution in [0.15, 0.2) is 41.3 Å². The summed E-state index contributed by atoms with van der Waals surface area (Å²) in [6.45, 7) is 0.977. The van der Waals surface area contributed by atoms with Crippen LogP contribution in [0.3, 0.4) is 0 Å². The third-order valence-electron chi connectivity index (χ3n) is 5.37. The zero-order valence-corrected chi connectivity index (χ0v) is 19.3. The lowest BCUT2D eigenvalue weighted by atomic mass is 10.2. The Morgan fingerprint density at radius 2 is 1.88 bits per heavy atom. The first kappa shape index (κ1) is 22.4. The maximum atomic E-state index is 13.1. The molecule has 1 aliphatic rings. The van der Waals surface area contributed by atoms with Crippen LogP contribution in [0.5, 0.6) is 5.75 Å². The lowest BCUT2D eigenvalue weighted by Gasteiger charge is -2.21. The van der Waals surface area contributed by atoms with Gasteiger partial charge in [0.1, 0.15) is 16.8 Å². The van der Waals surface area contributed by atoms with E-state index < -0.39 is 10.0 Å². The van der Waals surface area contributed by atoms with Crippen molar-refractivity contribution in [1.82, 2.24) is 13.1 Å². The predicted molar refractivity (Wildman–Crippen MR) is 125 cm³/mol. The monoisotopic (exact) mass is 475 g/mol. The van der Waals surface area contributed by atoms with Gasteiger partial charge in [0.25, 0.3) is 0 Å². The first-order valence-electron chi connectivity index (χ1n) is 10.4. The van der Waals surface area contributed by atoms with E-state index in [1.54, 1.807) is 28.6 Å². The van der Waals surface area contributed by atoms with Crippen molar-refractivity contribution in [3.05, 3.63) is 36.4 Å². The fraction of sp³-hybridized carbons (Fsp3) is 0.381. The van der Waals surface area contributed by atoms with Gasteiger partial charge in [-0.3, -0.25) is 4.79 Å². The van der Waals surface area contributed by atoms with Gasteiger partial charge in [0.15, 0.2) is 0 Å². The molecule has 0 spiro atoms. The zero-order chi connectivity index (χ0) is 22.6. The Kier molecular flexibility index (Phi) is 6.87. The molecule has 1 saturated heterocycles.